The Labute approximate surface area is 145 Å². The van der Waals surface area contributed by atoms with Crippen LogP contribution in [0, 0.1) is 5.82 Å². The van der Waals surface area contributed by atoms with Gasteiger partial charge in [-0.3, -0.25) is 9.59 Å². The highest BCUT2D eigenvalue weighted by Crippen LogP contribution is 2.34. The zero-order chi connectivity index (χ0) is 17.4. The van der Waals surface area contributed by atoms with Crippen molar-refractivity contribution in [2.75, 3.05) is 31.1 Å². The van der Waals surface area contributed by atoms with Crippen LogP contribution in [-0.2, 0) is 4.79 Å². The number of carbonyl (C=O) groups excluding carboxylic acids is 2. The van der Waals surface area contributed by atoms with Crippen molar-refractivity contribution in [1.82, 2.24) is 4.90 Å². The molecule has 0 spiro atoms. The molecule has 1 saturated heterocycles. The third-order valence-corrected chi connectivity index (χ3v) is 5.11. The Morgan fingerprint density at radius 3 is 2.36 bits per heavy atom. The van der Waals surface area contributed by atoms with Gasteiger partial charge in [-0.25, -0.2) is 4.39 Å². The average molecular weight is 338 g/mol. The molecular formula is C20H19FN2O2. The molecule has 1 unspecified atom stereocenters. The molecule has 0 bridgehead atoms. The molecule has 2 aromatic rings. The van der Waals surface area contributed by atoms with Gasteiger partial charge in [0.05, 0.1) is 5.92 Å². The Kier molecular flexibility index (Phi) is 3.99. The lowest BCUT2D eigenvalue weighted by Gasteiger charge is -2.37. The summed E-state index contributed by atoms with van der Waals surface area (Å²) in [5, 5.41) is 0. The summed E-state index contributed by atoms with van der Waals surface area (Å²) in [6.07, 6.45) is 0.274. The van der Waals surface area contributed by atoms with Crippen LogP contribution in [-0.4, -0.2) is 42.8 Å². The van der Waals surface area contributed by atoms with Crippen LogP contribution in [0.25, 0.3) is 0 Å². The zero-order valence-corrected chi connectivity index (χ0v) is 13.8. The second-order valence-electron chi connectivity index (χ2n) is 6.56. The van der Waals surface area contributed by atoms with E-state index in [9.17, 15) is 14.0 Å². The Balaban J connectivity index is 1.44. The van der Waals surface area contributed by atoms with Gasteiger partial charge in [0, 0.05) is 43.9 Å². The van der Waals surface area contributed by atoms with Crippen LogP contribution in [0.4, 0.5) is 10.1 Å². The minimum Gasteiger partial charge on any atom is -0.368 e. The summed E-state index contributed by atoms with van der Waals surface area (Å²) >= 11 is 0. The average Bonchev–Trinajstić information content (AvgIpc) is 2.99. The summed E-state index contributed by atoms with van der Waals surface area (Å²) in [5.74, 6) is -0.501. The second-order valence-corrected chi connectivity index (χ2v) is 6.56. The first-order valence-corrected chi connectivity index (χ1v) is 8.55. The van der Waals surface area contributed by atoms with E-state index >= 15 is 0 Å². The van der Waals surface area contributed by atoms with Crippen LogP contribution < -0.4 is 4.90 Å². The molecule has 0 N–H and O–H groups in total. The van der Waals surface area contributed by atoms with Gasteiger partial charge in [-0.1, -0.05) is 24.3 Å². The molecule has 1 aliphatic heterocycles. The number of hydrogen-bond donors (Lipinski definition) is 0. The first-order valence-electron chi connectivity index (χ1n) is 8.55. The Hall–Kier alpha value is -2.69. The number of anilines is 1. The number of amides is 1. The topological polar surface area (TPSA) is 40.6 Å². The number of ketones is 1. The Bertz CT molecular complexity index is 811. The largest absolute Gasteiger partial charge is 0.368 e. The van der Waals surface area contributed by atoms with Crippen LogP contribution in [0.2, 0.25) is 0 Å². The van der Waals surface area contributed by atoms with Crippen molar-refractivity contribution >= 4 is 17.4 Å². The maximum atomic E-state index is 13.0. The minimum atomic E-state index is -0.346. The van der Waals surface area contributed by atoms with E-state index < -0.39 is 0 Å². The van der Waals surface area contributed by atoms with Gasteiger partial charge in [0.25, 0.3) is 0 Å². The molecule has 0 saturated carbocycles. The van der Waals surface area contributed by atoms with Crippen molar-refractivity contribution in [1.29, 1.82) is 0 Å². The molecule has 25 heavy (non-hydrogen) atoms. The molecule has 0 radical (unpaired) electrons. The number of benzene rings is 2. The van der Waals surface area contributed by atoms with Crippen LogP contribution in [0.15, 0.2) is 48.5 Å². The first kappa shape index (κ1) is 15.8. The van der Waals surface area contributed by atoms with Crippen molar-refractivity contribution < 1.29 is 14.0 Å². The Morgan fingerprint density at radius 2 is 1.64 bits per heavy atom. The summed E-state index contributed by atoms with van der Waals surface area (Å²) < 4.78 is 13.0. The molecule has 1 aliphatic carbocycles. The molecule has 4 rings (SSSR count). The Morgan fingerprint density at radius 1 is 0.960 bits per heavy atom. The van der Waals surface area contributed by atoms with E-state index in [4.69, 9.17) is 0 Å². The lowest BCUT2D eigenvalue weighted by Crippen LogP contribution is -2.50. The van der Waals surface area contributed by atoms with E-state index in [0.29, 0.717) is 31.7 Å². The molecule has 2 aromatic carbocycles. The number of fused-ring (bicyclic) bond motifs is 1. The van der Waals surface area contributed by atoms with Gasteiger partial charge in [0.1, 0.15) is 5.82 Å². The third-order valence-electron chi connectivity index (χ3n) is 5.11. The zero-order valence-electron chi connectivity index (χ0n) is 13.8. The lowest BCUT2D eigenvalue weighted by molar-refractivity contribution is -0.133. The fourth-order valence-corrected chi connectivity index (χ4v) is 3.74. The molecule has 0 aromatic heterocycles. The quantitative estimate of drug-likeness (QED) is 0.845. The number of rotatable bonds is 2. The molecule has 1 atom stereocenters. The summed E-state index contributed by atoms with van der Waals surface area (Å²) in [5.41, 5.74) is 2.51. The van der Waals surface area contributed by atoms with E-state index in [1.54, 1.807) is 18.2 Å². The minimum absolute atomic E-state index is 0.0389. The standard InChI is InChI=1S/C20H19FN2O2/c21-14-5-7-15(8-6-14)22-9-11-23(12-10-22)20(25)18-13-19(24)17-4-2-1-3-16(17)18/h1-8,18H,9-13H2. The van der Waals surface area contributed by atoms with Crippen molar-refractivity contribution in [3.05, 3.63) is 65.5 Å². The molecule has 1 heterocycles. The van der Waals surface area contributed by atoms with E-state index in [-0.39, 0.29) is 29.8 Å². The van der Waals surface area contributed by atoms with E-state index in [1.807, 2.05) is 23.1 Å². The fraction of sp³-hybridized carbons (Fsp3) is 0.300. The summed E-state index contributed by atoms with van der Waals surface area (Å²) in [4.78, 5) is 29.0. The smallest absolute Gasteiger partial charge is 0.230 e. The number of hydrogen-bond acceptors (Lipinski definition) is 3. The number of Topliss-reactive ketones (excluding diaryl/α,β-unsaturated/α-hetero) is 1. The van der Waals surface area contributed by atoms with Gasteiger partial charge in [0.15, 0.2) is 5.78 Å². The highest BCUT2D eigenvalue weighted by atomic mass is 19.1. The van der Waals surface area contributed by atoms with Crippen molar-refractivity contribution in [3.63, 3.8) is 0 Å². The summed E-state index contributed by atoms with van der Waals surface area (Å²) in [7, 11) is 0. The maximum Gasteiger partial charge on any atom is 0.230 e. The van der Waals surface area contributed by atoms with Gasteiger partial charge in [0.2, 0.25) is 5.91 Å². The number of piperazine rings is 1. The number of halogens is 1. The fourth-order valence-electron chi connectivity index (χ4n) is 3.74. The molecule has 2 aliphatic rings. The van der Waals surface area contributed by atoms with E-state index in [0.717, 1.165) is 11.3 Å². The SMILES string of the molecule is O=C1CC(C(=O)N2CCN(c3ccc(F)cc3)CC2)c2ccccc21. The van der Waals surface area contributed by atoms with Crippen LogP contribution in [0.3, 0.4) is 0 Å². The van der Waals surface area contributed by atoms with Crippen molar-refractivity contribution in [2.24, 2.45) is 0 Å². The second kappa shape index (κ2) is 6.31. The van der Waals surface area contributed by atoms with E-state index in [2.05, 4.69) is 4.90 Å². The summed E-state index contributed by atoms with van der Waals surface area (Å²) in [6.45, 7) is 2.64. The molecule has 1 amide bonds. The van der Waals surface area contributed by atoms with Gasteiger partial charge in [-0.15, -0.1) is 0 Å². The predicted octanol–water partition coefficient (Wildman–Crippen LogP) is 2.84. The highest BCUT2D eigenvalue weighted by molar-refractivity contribution is 6.06. The molecule has 5 heteroatoms. The highest BCUT2D eigenvalue weighted by Gasteiger charge is 2.37. The van der Waals surface area contributed by atoms with Crippen molar-refractivity contribution in [2.45, 2.75) is 12.3 Å². The van der Waals surface area contributed by atoms with Crippen LogP contribution in [0.1, 0.15) is 28.3 Å². The first-order chi connectivity index (χ1) is 12.1. The number of nitrogens with zero attached hydrogens (tertiary/aromatic N) is 2. The molecule has 4 nitrogen and oxygen atoms in total. The number of carbonyl (C=O) groups is 2. The van der Waals surface area contributed by atoms with Gasteiger partial charge in [-0.05, 0) is 29.8 Å². The van der Waals surface area contributed by atoms with Gasteiger partial charge in [-0.2, -0.15) is 0 Å². The van der Waals surface area contributed by atoms with Crippen LogP contribution in [0.5, 0.6) is 0 Å². The van der Waals surface area contributed by atoms with E-state index in [1.165, 1.54) is 12.1 Å². The maximum absolute atomic E-state index is 13.0. The van der Waals surface area contributed by atoms with Gasteiger partial charge < -0.3 is 9.80 Å². The molecule has 1 fully saturated rings. The van der Waals surface area contributed by atoms with Crippen LogP contribution >= 0.6 is 0 Å². The third kappa shape index (κ3) is 2.90. The molecular weight excluding hydrogens is 319 g/mol. The molecule has 128 valence electrons. The predicted molar refractivity (Wildman–Crippen MR) is 93.3 cm³/mol. The monoisotopic (exact) mass is 338 g/mol. The summed E-state index contributed by atoms with van der Waals surface area (Å²) in [6, 6.07) is 13.8. The lowest BCUT2D eigenvalue weighted by atomic mass is 9.99. The normalized spacial score (nSPS) is 19.9. The van der Waals surface area contributed by atoms with Gasteiger partial charge >= 0.3 is 0 Å². The van der Waals surface area contributed by atoms with Crippen molar-refractivity contribution in [3.8, 4) is 0 Å².